The molecule has 0 spiro atoms. The lowest BCUT2D eigenvalue weighted by Crippen LogP contribution is -2.25. The molecule has 0 amide bonds. The van der Waals surface area contributed by atoms with E-state index in [9.17, 15) is 4.79 Å². The fraction of sp³-hybridized carbons (Fsp3) is 0.333. The maximum absolute atomic E-state index is 12.3. The molecular weight excluding hydrogens is 326 g/mol. The van der Waals surface area contributed by atoms with Gasteiger partial charge in [0.1, 0.15) is 5.60 Å². The van der Waals surface area contributed by atoms with Crippen molar-refractivity contribution in [1.82, 2.24) is 9.97 Å². The average molecular weight is 344 g/mol. The topological polar surface area (TPSA) is 75.9 Å². The molecule has 0 bridgehead atoms. The van der Waals surface area contributed by atoms with Gasteiger partial charge in [-0.3, -0.25) is 4.79 Å². The Morgan fingerprint density at radius 3 is 2.50 bits per heavy atom. The molecule has 1 aromatic heterocycles. The van der Waals surface area contributed by atoms with E-state index in [2.05, 4.69) is 16.0 Å². The van der Waals surface area contributed by atoms with Gasteiger partial charge in [0, 0.05) is 12.1 Å². The van der Waals surface area contributed by atoms with Crippen molar-refractivity contribution >= 4 is 17.6 Å². The molecule has 1 atom stereocenters. The van der Waals surface area contributed by atoms with Crippen molar-refractivity contribution in [2.24, 2.45) is 0 Å². The van der Waals surface area contributed by atoms with Crippen molar-refractivity contribution < 1.29 is 9.53 Å². The molecule has 6 heteroatoms. The minimum Gasteiger partial charge on any atom is -0.460 e. The number of carbonyl (C=O) groups excluding carboxylic acids is 1. The molecule has 0 aliphatic rings. The zero-order chi connectivity index (χ0) is 17.7. The van der Waals surface area contributed by atoms with Gasteiger partial charge in [-0.05, 0) is 56.1 Å². The van der Waals surface area contributed by atoms with E-state index in [0.717, 1.165) is 5.56 Å². The van der Waals surface area contributed by atoms with Crippen LogP contribution in [0.15, 0.2) is 36.5 Å². The number of benzene rings is 1. The Kier molecular flexibility index (Phi) is 5.53. The first-order chi connectivity index (χ1) is 11.3. The second kappa shape index (κ2) is 7.41. The lowest BCUT2D eigenvalue weighted by molar-refractivity contribution is -0.155. The summed E-state index contributed by atoms with van der Waals surface area (Å²) in [5.41, 5.74) is 1.48. The molecule has 2 aromatic rings. The number of nitriles is 1. The summed E-state index contributed by atoms with van der Waals surface area (Å²) in [7, 11) is 0. The van der Waals surface area contributed by atoms with Crippen LogP contribution < -0.4 is 0 Å². The molecule has 0 fully saturated rings. The van der Waals surface area contributed by atoms with Crippen LogP contribution >= 0.6 is 11.6 Å². The molecule has 24 heavy (non-hydrogen) atoms. The molecule has 124 valence electrons. The van der Waals surface area contributed by atoms with Gasteiger partial charge in [0.05, 0.1) is 23.7 Å². The van der Waals surface area contributed by atoms with E-state index < -0.39 is 5.60 Å². The summed E-state index contributed by atoms with van der Waals surface area (Å²) >= 11 is 5.89. The molecule has 5 nitrogen and oxygen atoms in total. The fourth-order valence-electron chi connectivity index (χ4n) is 2.27. The number of hydrogen-bond donors (Lipinski definition) is 0. The first-order valence-electron chi connectivity index (χ1n) is 7.49. The fourth-order valence-corrected chi connectivity index (χ4v) is 2.43. The highest BCUT2D eigenvalue weighted by Gasteiger charge is 2.24. The lowest BCUT2D eigenvalue weighted by atomic mass is 9.91. The van der Waals surface area contributed by atoms with Gasteiger partial charge in [-0.25, -0.2) is 9.97 Å². The Bertz CT molecular complexity index is 761. The molecule has 2 rings (SSSR count). The first-order valence-corrected chi connectivity index (χ1v) is 7.86. The van der Waals surface area contributed by atoms with Crippen LogP contribution in [0.3, 0.4) is 0 Å². The summed E-state index contributed by atoms with van der Waals surface area (Å²) < 4.78 is 5.42. The second-order valence-corrected chi connectivity index (χ2v) is 6.67. The lowest BCUT2D eigenvalue weighted by Gasteiger charge is -2.22. The highest BCUT2D eigenvalue weighted by atomic mass is 35.5. The van der Waals surface area contributed by atoms with E-state index in [1.54, 1.807) is 24.4 Å². The van der Waals surface area contributed by atoms with E-state index in [4.69, 9.17) is 21.6 Å². The van der Waals surface area contributed by atoms with Crippen molar-refractivity contribution in [3.05, 3.63) is 58.6 Å². The number of nitrogens with zero attached hydrogens (tertiary/aromatic N) is 3. The Morgan fingerprint density at radius 2 is 1.96 bits per heavy atom. The molecule has 0 aliphatic carbocycles. The second-order valence-electron chi connectivity index (χ2n) is 6.33. The average Bonchev–Trinajstić information content (AvgIpc) is 2.51. The van der Waals surface area contributed by atoms with Gasteiger partial charge in [0.2, 0.25) is 5.28 Å². The van der Waals surface area contributed by atoms with Crippen LogP contribution in [0.1, 0.15) is 49.9 Å². The Hall–Kier alpha value is -2.45. The summed E-state index contributed by atoms with van der Waals surface area (Å²) in [5.74, 6) is -0.653. The first kappa shape index (κ1) is 17.9. The van der Waals surface area contributed by atoms with E-state index in [-0.39, 0.29) is 23.6 Å². The number of halogens is 1. The highest BCUT2D eigenvalue weighted by molar-refractivity contribution is 6.28. The molecule has 1 unspecified atom stereocenters. The predicted octanol–water partition coefficient (Wildman–Crippen LogP) is 3.87. The van der Waals surface area contributed by atoms with Gasteiger partial charge in [0.15, 0.2) is 0 Å². The third kappa shape index (κ3) is 5.04. The summed E-state index contributed by atoms with van der Waals surface area (Å²) in [6, 6.07) is 10.8. The number of ether oxygens (including phenoxy) is 1. The van der Waals surface area contributed by atoms with Crippen LogP contribution in [0.5, 0.6) is 0 Å². The normalized spacial score (nSPS) is 12.3. The van der Waals surface area contributed by atoms with E-state index >= 15 is 0 Å². The van der Waals surface area contributed by atoms with Crippen LogP contribution in [0.2, 0.25) is 5.28 Å². The number of rotatable bonds is 4. The number of aromatic nitrogens is 2. The molecule has 0 N–H and O–H groups in total. The van der Waals surface area contributed by atoms with Crippen molar-refractivity contribution in [3.63, 3.8) is 0 Å². The molecule has 0 radical (unpaired) electrons. The van der Waals surface area contributed by atoms with Crippen LogP contribution in [0.25, 0.3) is 0 Å². The van der Waals surface area contributed by atoms with E-state index in [0.29, 0.717) is 11.3 Å². The van der Waals surface area contributed by atoms with Gasteiger partial charge in [-0.15, -0.1) is 0 Å². The summed E-state index contributed by atoms with van der Waals surface area (Å²) in [6.45, 7) is 5.47. The minimum absolute atomic E-state index is 0.121. The van der Waals surface area contributed by atoms with Crippen molar-refractivity contribution in [3.8, 4) is 6.07 Å². The zero-order valence-electron chi connectivity index (χ0n) is 13.8. The van der Waals surface area contributed by atoms with Gasteiger partial charge < -0.3 is 4.74 Å². The molecule has 1 heterocycles. The quantitative estimate of drug-likeness (QED) is 0.622. The molecule has 1 aromatic carbocycles. The standard InChI is InChI=1S/C18H18ClN3O2/c1-18(2,3)24-16(23)10-14(15-8-9-21-17(19)22-15)13-6-4-12(11-20)5-7-13/h4-9,14H,10H2,1-3H3. The van der Waals surface area contributed by atoms with Crippen LogP contribution in [-0.2, 0) is 9.53 Å². The zero-order valence-corrected chi connectivity index (χ0v) is 14.5. The summed E-state index contributed by atoms with van der Waals surface area (Å²) in [4.78, 5) is 20.4. The van der Waals surface area contributed by atoms with Crippen molar-refractivity contribution in [2.75, 3.05) is 0 Å². The SMILES string of the molecule is CC(C)(C)OC(=O)CC(c1ccc(C#N)cc1)c1ccnc(Cl)n1. The van der Waals surface area contributed by atoms with Crippen LogP contribution in [0, 0.1) is 11.3 Å². The third-order valence-electron chi connectivity index (χ3n) is 3.24. The maximum Gasteiger partial charge on any atom is 0.307 e. The van der Waals surface area contributed by atoms with Crippen LogP contribution in [-0.4, -0.2) is 21.5 Å². The van der Waals surface area contributed by atoms with Crippen LogP contribution in [0.4, 0.5) is 0 Å². The van der Waals surface area contributed by atoms with Gasteiger partial charge in [-0.1, -0.05) is 12.1 Å². The summed E-state index contributed by atoms with van der Waals surface area (Å²) in [5, 5.41) is 9.05. The summed E-state index contributed by atoms with van der Waals surface area (Å²) in [6.07, 6.45) is 1.67. The number of carbonyl (C=O) groups is 1. The number of esters is 1. The van der Waals surface area contributed by atoms with Gasteiger partial charge >= 0.3 is 5.97 Å². The number of hydrogen-bond acceptors (Lipinski definition) is 5. The maximum atomic E-state index is 12.3. The molecule has 0 aliphatic heterocycles. The van der Waals surface area contributed by atoms with Crippen molar-refractivity contribution in [2.45, 2.75) is 38.7 Å². The van der Waals surface area contributed by atoms with E-state index in [1.165, 1.54) is 0 Å². The van der Waals surface area contributed by atoms with Gasteiger partial charge in [-0.2, -0.15) is 5.26 Å². The Labute approximate surface area is 146 Å². The van der Waals surface area contributed by atoms with Crippen molar-refractivity contribution in [1.29, 1.82) is 5.26 Å². The largest absolute Gasteiger partial charge is 0.460 e. The third-order valence-corrected chi connectivity index (χ3v) is 3.42. The smallest absolute Gasteiger partial charge is 0.307 e. The van der Waals surface area contributed by atoms with E-state index in [1.807, 2.05) is 32.9 Å². The van der Waals surface area contributed by atoms with Gasteiger partial charge in [0.25, 0.3) is 0 Å². The molecule has 0 saturated heterocycles. The Morgan fingerprint density at radius 1 is 1.29 bits per heavy atom. The highest BCUT2D eigenvalue weighted by Crippen LogP contribution is 2.28. The predicted molar refractivity (Wildman–Crippen MR) is 90.5 cm³/mol. The Balaban J connectivity index is 2.34. The molecular formula is C18H18ClN3O2. The monoisotopic (exact) mass is 343 g/mol. The minimum atomic E-state index is -0.560. The molecule has 0 saturated carbocycles.